The Morgan fingerprint density at radius 2 is 2.00 bits per heavy atom. The monoisotopic (exact) mass is 265 g/mol. The third-order valence-corrected chi connectivity index (χ3v) is 3.46. The third-order valence-electron chi connectivity index (χ3n) is 2.83. The van der Waals surface area contributed by atoms with Crippen molar-refractivity contribution in [3.8, 4) is 0 Å². The standard InChI is InChI=1S/C12H9Cl2N3/c1-6-10-11(14)8-4-3-7(13)5-9(8)15-12(10)17(2)16-6/h3-5H,1-2H3. The summed E-state index contributed by atoms with van der Waals surface area (Å²) in [7, 11) is 1.86. The minimum atomic E-state index is 0.652. The highest BCUT2D eigenvalue weighted by Gasteiger charge is 2.13. The van der Waals surface area contributed by atoms with Crippen LogP contribution in [0.15, 0.2) is 18.2 Å². The molecule has 0 bridgehead atoms. The predicted molar refractivity (Wildman–Crippen MR) is 70.8 cm³/mol. The van der Waals surface area contributed by atoms with Gasteiger partial charge in [0.05, 0.1) is 21.6 Å². The number of rotatable bonds is 0. The van der Waals surface area contributed by atoms with Crippen molar-refractivity contribution >= 4 is 45.1 Å². The summed E-state index contributed by atoms with van der Waals surface area (Å²) in [6.45, 7) is 1.93. The van der Waals surface area contributed by atoms with Gasteiger partial charge in [0.25, 0.3) is 0 Å². The topological polar surface area (TPSA) is 30.7 Å². The summed E-state index contributed by atoms with van der Waals surface area (Å²) in [6, 6.07) is 5.51. The second-order valence-electron chi connectivity index (χ2n) is 3.99. The van der Waals surface area contributed by atoms with Gasteiger partial charge in [0.2, 0.25) is 0 Å². The molecule has 2 heterocycles. The van der Waals surface area contributed by atoms with Crippen LogP contribution in [0.3, 0.4) is 0 Å². The van der Waals surface area contributed by atoms with Crippen molar-refractivity contribution in [1.29, 1.82) is 0 Å². The van der Waals surface area contributed by atoms with Gasteiger partial charge < -0.3 is 0 Å². The molecule has 3 aromatic rings. The van der Waals surface area contributed by atoms with Crippen molar-refractivity contribution in [3.63, 3.8) is 0 Å². The van der Waals surface area contributed by atoms with Crippen LogP contribution in [0.1, 0.15) is 5.69 Å². The highest BCUT2D eigenvalue weighted by atomic mass is 35.5. The molecule has 1 aromatic carbocycles. The molecule has 5 heteroatoms. The van der Waals surface area contributed by atoms with Crippen molar-refractivity contribution in [1.82, 2.24) is 14.8 Å². The van der Waals surface area contributed by atoms with E-state index in [2.05, 4.69) is 10.1 Å². The summed E-state index contributed by atoms with van der Waals surface area (Å²) in [5.41, 5.74) is 2.46. The molecular weight excluding hydrogens is 257 g/mol. The van der Waals surface area contributed by atoms with E-state index in [0.29, 0.717) is 10.0 Å². The fourth-order valence-corrected chi connectivity index (χ4v) is 2.61. The maximum Gasteiger partial charge on any atom is 0.159 e. The third kappa shape index (κ3) is 1.50. The lowest BCUT2D eigenvalue weighted by molar-refractivity contribution is 0.775. The number of nitrogens with zero attached hydrogens (tertiary/aromatic N) is 3. The molecule has 3 rings (SSSR count). The Labute approximate surface area is 108 Å². The van der Waals surface area contributed by atoms with Crippen molar-refractivity contribution in [2.24, 2.45) is 7.05 Å². The average molecular weight is 266 g/mol. The second kappa shape index (κ2) is 3.59. The fourth-order valence-electron chi connectivity index (χ4n) is 2.06. The fraction of sp³-hybridized carbons (Fsp3) is 0.167. The van der Waals surface area contributed by atoms with Gasteiger partial charge in [0.1, 0.15) is 0 Å². The molecule has 0 amide bonds. The molecule has 0 radical (unpaired) electrons. The van der Waals surface area contributed by atoms with E-state index in [-0.39, 0.29) is 0 Å². The van der Waals surface area contributed by atoms with E-state index in [0.717, 1.165) is 27.6 Å². The van der Waals surface area contributed by atoms with Gasteiger partial charge in [-0.1, -0.05) is 23.2 Å². The van der Waals surface area contributed by atoms with Crippen LogP contribution in [0.4, 0.5) is 0 Å². The first-order valence-electron chi connectivity index (χ1n) is 5.16. The van der Waals surface area contributed by atoms with Crippen LogP contribution < -0.4 is 0 Å². The van der Waals surface area contributed by atoms with E-state index in [1.54, 1.807) is 4.68 Å². The number of pyridine rings is 1. The normalized spacial score (nSPS) is 11.5. The van der Waals surface area contributed by atoms with Gasteiger partial charge in [-0.25, -0.2) is 4.98 Å². The molecule has 0 unspecified atom stereocenters. The van der Waals surface area contributed by atoms with E-state index in [1.807, 2.05) is 32.2 Å². The van der Waals surface area contributed by atoms with Crippen molar-refractivity contribution in [2.45, 2.75) is 6.92 Å². The Kier molecular flexibility index (Phi) is 2.28. The zero-order chi connectivity index (χ0) is 12.2. The second-order valence-corrected chi connectivity index (χ2v) is 4.81. The summed E-state index contributed by atoms with van der Waals surface area (Å²) in [6.07, 6.45) is 0. The Morgan fingerprint density at radius 3 is 2.76 bits per heavy atom. The van der Waals surface area contributed by atoms with Crippen LogP contribution in [-0.2, 0) is 7.05 Å². The lowest BCUT2D eigenvalue weighted by Gasteiger charge is -2.03. The molecular formula is C12H9Cl2N3. The van der Waals surface area contributed by atoms with E-state index in [4.69, 9.17) is 23.2 Å². The minimum Gasteiger partial charge on any atom is -0.250 e. The van der Waals surface area contributed by atoms with Gasteiger partial charge in [-0.3, -0.25) is 4.68 Å². The predicted octanol–water partition coefficient (Wildman–Crippen LogP) is 3.74. The number of hydrogen-bond acceptors (Lipinski definition) is 2. The van der Waals surface area contributed by atoms with E-state index in [9.17, 15) is 0 Å². The molecule has 0 saturated carbocycles. The molecule has 17 heavy (non-hydrogen) atoms. The summed E-state index contributed by atoms with van der Waals surface area (Å²) < 4.78 is 1.73. The molecule has 86 valence electrons. The van der Waals surface area contributed by atoms with E-state index >= 15 is 0 Å². The minimum absolute atomic E-state index is 0.652. The molecule has 3 nitrogen and oxygen atoms in total. The molecule has 0 saturated heterocycles. The highest BCUT2D eigenvalue weighted by Crippen LogP contribution is 2.32. The van der Waals surface area contributed by atoms with E-state index < -0.39 is 0 Å². The average Bonchev–Trinajstić information content (AvgIpc) is 2.54. The Bertz CT molecular complexity index is 746. The number of halogens is 2. The molecule has 2 aromatic heterocycles. The van der Waals surface area contributed by atoms with Gasteiger partial charge in [-0.05, 0) is 25.1 Å². The summed E-state index contributed by atoms with van der Waals surface area (Å²) >= 11 is 12.4. The van der Waals surface area contributed by atoms with Crippen LogP contribution in [0.2, 0.25) is 10.0 Å². The Hall–Kier alpha value is -1.32. The lowest BCUT2D eigenvalue weighted by atomic mass is 10.1. The van der Waals surface area contributed by atoms with Crippen LogP contribution in [-0.4, -0.2) is 14.8 Å². The lowest BCUT2D eigenvalue weighted by Crippen LogP contribution is -1.92. The summed E-state index contributed by atoms with van der Waals surface area (Å²) in [5.74, 6) is 0. The van der Waals surface area contributed by atoms with Crippen LogP contribution in [0.5, 0.6) is 0 Å². The maximum absolute atomic E-state index is 6.41. The Morgan fingerprint density at radius 1 is 1.24 bits per heavy atom. The number of benzene rings is 1. The summed E-state index contributed by atoms with van der Waals surface area (Å²) in [4.78, 5) is 4.55. The molecule has 0 aliphatic rings. The van der Waals surface area contributed by atoms with Gasteiger partial charge in [0.15, 0.2) is 5.65 Å². The SMILES string of the molecule is Cc1nn(C)c2nc3cc(Cl)ccc3c(Cl)c12. The zero-order valence-corrected chi connectivity index (χ0v) is 10.8. The molecule has 0 fully saturated rings. The van der Waals surface area contributed by atoms with Gasteiger partial charge in [0, 0.05) is 17.5 Å². The highest BCUT2D eigenvalue weighted by molar-refractivity contribution is 6.40. The van der Waals surface area contributed by atoms with Crippen molar-refractivity contribution in [3.05, 3.63) is 33.9 Å². The molecule has 0 atom stereocenters. The van der Waals surface area contributed by atoms with Crippen molar-refractivity contribution < 1.29 is 0 Å². The number of aromatic nitrogens is 3. The first-order chi connectivity index (χ1) is 8.08. The van der Waals surface area contributed by atoms with Crippen molar-refractivity contribution in [2.75, 3.05) is 0 Å². The first kappa shape index (κ1) is 10.8. The molecule has 0 N–H and O–H groups in total. The molecule has 0 aliphatic heterocycles. The van der Waals surface area contributed by atoms with Crippen LogP contribution in [0.25, 0.3) is 21.9 Å². The largest absolute Gasteiger partial charge is 0.250 e. The van der Waals surface area contributed by atoms with Crippen LogP contribution >= 0.6 is 23.2 Å². The van der Waals surface area contributed by atoms with Crippen LogP contribution in [0, 0.1) is 6.92 Å². The maximum atomic E-state index is 6.41. The molecule has 0 spiro atoms. The van der Waals surface area contributed by atoms with Gasteiger partial charge in [-0.2, -0.15) is 5.10 Å². The number of aryl methyl sites for hydroxylation is 2. The quantitative estimate of drug-likeness (QED) is 0.620. The van der Waals surface area contributed by atoms with Gasteiger partial charge in [-0.15, -0.1) is 0 Å². The van der Waals surface area contributed by atoms with Gasteiger partial charge >= 0.3 is 0 Å². The van der Waals surface area contributed by atoms with E-state index in [1.165, 1.54) is 0 Å². The zero-order valence-electron chi connectivity index (χ0n) is 9.33. The smallest absolute Gasteiger partial charge is 0.159 e. The first-order valence-corrected chi connectivity index (χ1v) is 5.91. The summed E-state index contributed by atoms with van der Waals surface area (Å²) in [5, 5.41) is 7.48. The Balaban J connectivity index is 2.59. The number of fused-ring (bicyclic) bond motifs is 2. The number of hydrogen-bond donors (Lipinski definition) is 0. The molecule has 0 aliphatic carbocycles.